The molecule has 0 unspecified atom stereocenters. The van der Waals surface area contributed by atoms with Crippen molar-refractivity contribution in [2.75, 3.05) is 5.73 Å². The molecule has 0 atom stereocenters. The molecule has 62 valence electrons. The van der Waals surface area contributed by atoms with Gasteiger partial charge >= 0.3 is 0 Å². The highest BCUT2D eigenvalue weighted by Gasteiger charge is 2.09. The van der Waals surface area contributed by atoms with Crippen LogP contribution in [-0.4, -0.2) is 16.0 Å². The summed E-state index contributed by atoms with van der Waals surface area (Å²) in [6, 6.07) is 0. The third-order valence-corrected chi connectivity index (χ3v) is 1.47. The highest BCUT2D eigenvalue weighted by molar-refractivity contribution is 5.99. The van der Waals surface area contributed by atoms with E-state index in [1.807, 2.05) is 0 Å². The molecule has 0 aromatic carbocycles. The summed E-state index contributed by atoms with van der Waals surface area (Å²) in [5.41, 5.74) is 5.84. The lowest BCUT2D eigenvalue weighted by Gasteiger charge is -1.93. The van der Waals surface area contributed by atoms with Gasteiger partial charge in [0, 0.05) is 12.8 Å². The summed E-state index contributed by atoms with van der Waals surface area (Å²) in [5, 5.41) is 6.11. The van der Waals surface area contributed by atoms with Crippen molar-refractivity contribution in [3.05, 3.63) is 11.8 Å². The fourth-order valence-electron chi connectivity index (χ4n) is 0.839. The van der Waals surface area contributed by atoms with Crippen molar-refractivity contribution in [2.45, 2.75) is 12.8 Å². The van der Waals surface area contributed by atoms with Crippen molar-refractivity contribution in [1.29, 1.82) is 0 Å². The first-order chi connectivity index (χ1) is 5.75. The largest absolute Gasteiger partial charge is 0.383 e. The molecule has 0 spiro atoms. The van der Waals surface area contributed by atoms with Gasteiger partial charge in [-0.25, -0.2) is 0 Å². The highest BCUT2D eigenvalue weighted by Crippen LogP contribution is 2.09. The maximum Gasteiger partial charge on any atom is 0.169 e. The number of aromatic nitrogens is 2. The molecule has 1 rings (SSSR count). The zero-order valence-corrected chi connectivity index (χ0v) is 6.50. The van der Waals surface area contributed by atoms with Gasteiger partial charge in [0.2, 0.25) is 0 Å². The number of hydrogen-bond acceptors (Lipinski definition) is 3. The molecule has 0 amide bonds. The Kier molecular flexibility index (Phi) is 2.49. The van der Waals surface area contributed by atoms with E-state index in [9.17, 15) is 4.79 Å². The quantitative estimate of drug-likeness (QED) is 0.506. The van der Waals surface area contributed by atoms with Crippen LogP contribution in [0, 0.1) is 12.3 Å². The van der Waals surface area contributed by atoms with Crippen molar-refractivity contribution in [1.82, 2.24) is 10.2 Å². The number of carbonyl (C=O) groups excluding carboxylic acids is 1. The molecule has 0 bridgehead atoms. The number of H-pyrrole nitrogens is 1. The topological polar surface area (TPSA) is 71.8 Å². The minimum absolute atomic E-state index is 0.0702. The van der Waals surface area contributed by atoms with Crippen LogP contribution in [0.4, 0.5) is 5.82 Å². The average Bonchev–Trinajstić information content (AvgIpc) is 2.47. The average molecular weight is 163 g/mol. The molecular formula is C8H9N3O. The second kappa shape index (κ2) is 3.58. The zero-order chi connectivity index (χ0) is 8.97. The number of hydrogen-bond donors (Lipinski definition) is 2. The summed E-state index contributed by atoms with van der Waals surface area (Å²) in [5.74, 6) is 2.62. The Bertz CT molecular complexity index is 321. The number of nitrogen functional groups attached to an aromatic ring is 1. The third kappa shape index (κ3) is 1.64. The van der Waals surface area contributed by atoms with E-state index >= 15 is 0 Å². The molecule has 0 aliphatic heterocycles. The van der Waals surface area contributed by atoms with Gasteiger partial charge in [0.15, 0.2) is 5.78 Å². The molecule has 1 heterocycles. The minimum Gasteiger partial charge on any atom is -0.383 e. The smallest absolute Gasteiger partial charge is 0.169 e. The van der Waals surface area contributed by atoms with Crippen LogP contribution >= 0.6 is 0 Å². The van der Waals surface area contributed by atoms with Gasteiger partial charge in [-0.05, 0) is 0 Å². The van der Waals surface area contributed by atoms with E-state index in [0.717, 1.165) is 0 Å². The summed E-state index contributed by atoms with van der Waals surface area (Å²) in [6.45, 7) is 0. The van der Waals surface area contributed by atoms with Crippen molar-refractivity contribution in [3.63, 3.8) is 0 Å². The lowest BCUT2D eigenvalue weighted by atomic mass is 10.1. The molecule has 4 nitrogen and oxygen atoms in total. The molecule has 0 aliphatic rings. The maximum atomic E-state index is 11.2. The molecule has 4 heteroatoms. The van der Waals surface area contributed by atoms with Crippen LogP contribution in [-0.2, 0) is 0 Å². The highest BCUT2D eigenvalue weighted by atomic mass is 16.1. The number of Topliss-reactive ketones (excluding diaryl/α,β-unsaturated/α-hetero) is 1. The van der Waals surface area contributed by atoms with E-state index in [2.05, 4.69) is 16.1 Å². The summed E-state index contributed by atoms with van der Waals surface area (Å²) >= 11 is 0. The van der Waals surface area contributed by atoms with E-state index in [1.165, 1.54) is 6.20 Å². The normalized spacial score (nSPS) is 9.25. The Morgan fingerprint density at radius 2 is 2.58 bits per heavy atom. The standard InChI is InChI=1S/C8H9N3O/c1-2-3-4-7(12)6-5-10-11-8(6)9/h1,5H,3-4H2,(H3,9,10,11). The van der Waals surface area contributed by atoms with Crippen LogP contribution in [0.15, 0.2) is 6.20 Å². The third-order valence-electron chi connectivity index (χ3n) is 1.47. The van der Waals surface area contributed by atoms with Crippen molar-refractivity contribution < 1.29 is 4.79 Å². The van der Waals surface area contributed by atoms with Crippen LogP contribution in [0.3, 0.4) is 0 Å². The summed E-state index contributed by atoms with van der Waals surface area (Å²) in [7, 11) is 0. The summed E-state index contributed by atoms with van der Waals surface area (Å²) in [4.78, 5) is 11.2. The van der Waals surface area contributed by atoms with Crippen molar-refractivity contribution in [3.8, 4) is 12.3 Å². The number of aromatic amines is 1. The lowest BCUT2D eigenvalue weighted by Crippen LogP contribution is -2.00. The van der Waals surface area contributed by atoms with Gasteiger partial charge in [0.25, 0.3) is 0 Å². The Balaban J connectivity index is 2.67. The first-order valence-electron chi connectivity index (χ1n) is 3.51. The predicted octanol–water partition coefficient (Wildman–Crippen LogP) is 0.588. The molecule has 1 aromatic rings. The Morgan fingerprint density at radius 1 is 1.83 bits per heavy atom. The van der Waals surface area contributed by atoms with E-state index < -0.39 is 0 Å². The van der Waals surface area contributed by atoms with Gasteiger partial charge in [-0.3, -0.25) is 9.89 Å². The van der Waals surface area contributed by atoms with E-state index in [1.54, 1.807) is 0 Å². The summed E-state index contributed by atoms with van der Waals surface area (Å²) < 4.78 is 0. The number of ketones is 1. The van der Waals surface area contributed by atoms with Crippen LogP contribution in [0.25, 0.3) is 0 Å². The van der Waals surface area contributed by atoms with Crippen LogP contribution in [0.2, 0.25) is 0 Å². The van der Waals surface area contributed by atoms with Gasteiger partial charge in [-0.1, -0.05) is 0 Å². The van der Waals surface area contributed by atoms with E-state index in [-0.39, 0.29) is 5.78 Å². The molecule has 1 aromatic heterocycles. The molecule has 0 radical (unpaired) electrons. The monoisotopic (exact) mass is 163 g/mol. The number of nitrogens with two attached hydrogens (primary N) is 1. The second-order valence-electron chi connectivity index (χ2n) is 2.32. The van der Waals surface area contributed by atoms with Gasteiger partial charge in [-0.2, -0.15) is 5.10 Å². The van der Waals surface area contributed by atoms with Gasteiger partial charge in [0.05, 0.1) is 11.8 Å². The Labute approximate surface area is 70.2 Å². The molecule has 0 saturated heterocycles. The fraction of sp³-hybridized carbons (Fsp3) is 0.250. The SMILES string of the molecule is C#CCCC(=O)c1cn[nH]c1N. The number of terminal acetylenes is 1. The van der Waals surface area contributed by atoms with Crippen LogP contribution in [0.5, 0.6) is 0 Å². The molecule has 12 heavy (non-hydrogen) atoms. The number of carbonyl (C=O) groups is 1. The Hall–Kier alpha value is -1.76. The van der Waals surface area contributed by atoms with Crippen molar-refractivity contribution in [2.24, 2.45) is 0 Å². The number of anilines is 1. The van der Waals surface area contributed by atoms with Crippen molar-refractivity contribution >= 4 is 11.6 Å². The Morgan fingerprint density at radius 3 is 3.08 bits per heavy atom. The zero-order valence-electron chi connectivity index (χ0n) is 6.50. The molecular weight excluding hydrogens is 154 g/mol. The van der Waals surface area contributed by atoms with Crippen LogP contribution < -0.4 is 5.73 Å². The minimum atomic E-state index is -0.0702. The first-order valence-corrected chi connectivity index (χ1v) is 3.51. The van der Waals surface area contributed by atoms with Gasteiger partial charge in [0.1, 0.15) is 5.82 Å². The predicted molar refractivity (Wildman–Crippen MR) is 45.4 cm³/mol. The molecule has 3 N–H and O–H groups in total. The second-order valence-corrected chi connectivity index (χ2v) is 2.32. The van der Waals surface area contributed by atoms with Crippen LogP contribution in [0.1, 0.15) is 23.2 Å². The maximum absolute atomic E-state index is 11.2. The van der Waals surface area contributed by atoms with E-state index in [4.69, 9.17) is 12.2 Å². The number of rotatable bonds is 3. The molecule has 0 aliphatic carbocycles. The number of nitrogens with zero attached hydrogens (tertiary/aromatic N) is 1. The van der Waals surface area contributed by atoms with E-state index in [0.29, 0.717) is 24.2 Å². The fourth-order valence-corrected chi connectivity index (χ4v) is 0.839. The number of nitrogens with one attached hydrogen (secondary N) is 1. The molecule has 0 saturated carbocycles. The van der Waals surface area contributed by atoms with Gasteiger partial charge in [-0.15, -0.1) is 12.3 Å². The van der Waals surface area contributed by atoms with Gasteiger partial charge < -0.3 is 5.73 Å². The lowest BCUT2D eigenvalue weighted by molar-refractivity contribution is 0.0985. The summed E-state index contributed by atoms with van der Waals surface area (Å²) in [6.07, 6.45) is 7.18. The molecule has 0 fully saturated rings. The first kappa shape index (κ1) is 8.34.